The number of allylic oxidation sites excluding steroid dienone is 2. The molecule has 0 aromatic carbocycles. The predicted molar refractivity (Wildman–Crippen MR) is 122 cm³/mol. The third kappa shape index (κ3) is 3.63. The molecule has 30 heavy (non-hydrogen) atoms. The molecule has 0 aromatic rings. The van der Waals surface area contributed by atoms with Crippen LogP contribution in [0.1, 0.15) is 86.0 Å². The minimum absolute atomic E-state index is 0.139. The summed E-state index contributed by atoms with van der Waals surface area (Å²) in [5.74, 6) is 3.20. The summed E-state index contributed by atoms with van der Waals surface area (Å²) in [6.45, 7) is 11.0. The van der Waals surface area contributed by atoms with Crippen LogP contribution in [-0.2, 0) is 0 Å². The van der Waals surface area contributed by atoms with E-state index in [0.717, 1.165) is 18.8 Å². The zero-order valence-electron chi connectivity index (χ0n) is 19.8. The summed E-state index contributed by atoms with van der Waals surface area (Å²) in [6, 6.07) is 0. The van der Waals surface area contributed by atoms with Gasteiger partial charge in [0.15, 0.2) is 0 Å². The van der Waals surface area contributed by atoms with E-state index < -0.39 is 11.7 Å². The largest absolute Gasteiger partial charge is 0.393 e. The van der Waals surface area contributed by atoms with Gasteiger partial charge in [-0.2, -0.15) is 0 Å². The van der Waals surface area contributed by atoms with Gasteiger partial charge in [0, 0.05) is 11.8 Å². The van der Waals surface area contributed by atoms with E-state index in [0.29, 0.717) is 41.9 Å². The van der Waals surface area contributed by atoms with E-state index in [4.69, 9.17) is 0 Å². The van der Waals surface area contributed by atoms with E-state index in [1.54, 1.807) is 0 Å². The van der Waals surface area contributed by atoms with E-state index in [1.165, 1.54) is 31.3 Å². The second kappa shape index (κ2) is 7.74. The highest BCUT2D eigenvalue weighted by Crippen LogP contribution is 2.67. The maximum atomic E-state index is 11.1. The molecule has 4 aliphatic rings. The van der Waals surface area contributed by atoms with Gasteiger partial charge < -0.3 is 15.3 Å². The molecule has 9 atom stereocenters. The Hall–Kier alpha value is -0.640. The molecule has 0 unspecified atom stereocenters. The lowest BCUT2D eigenvalue weighted by Gasteiger charge is -2.59. The topological polar surface area (TPSA) is 60.7 Å². The Morgan fingerprint density at radius 2 is 1.90 bits per heavy atom. The fourth-order valence-electron chi connectivity index (χ4n) is 8.31. The van der Waals surface area contributed by atoms with Gasteiger partial charge in [0.2, 0.25) is 0 Å². The molecule has 0 heterocycles. The van der Waals surface area contributed by atoms with Gasteiger partial charge in [-0.1, -0.05) is 44.6 Å². The molecule has 0 radical (unpaired) electrons. The average Bonchev–Trinajstić information content (AvgIpc) is 2.99. The minimum Gasteiger partial charge on any atom is -0.393 e. The first-order valence-corrected chi connectivity index (χ1v) is 12.4. The molecule has 3 fully saturated rings. The molecule has 0 bridgehead atoms. The standard InChI is InChI=1S/C27H44O3/c1-17(7-6-13-25(2,3)30)21-10-11-22-20-9-8-18-15-19(28)16-24(29)27(18,5)23(20)12-14-26(21,22)4/h6-8,17,19-24,28-30H,9-16H2,1-5H3/t17-,19-,20+,21-,22+,23+,24+,26-,27+/m1/s1. The summed E-state index contributed by atoms with van der Waals surface area (Å²) in [7, 11) is 0. The van der Waals surface area contributed by atoms with Crippen molar-refractivity contribution in [1.29, 1.82) is 0 Å². The van der Waals surface area contributed by atoms with Crippen molar-refractivity contribution in [2.24, 2.45) is 40.4 Å². The number of hydrogen-bond donors (Lipinski definition) is 3. The minimum atomic E-state index is -0.633. The Morgan fingerprint density at radius 3 is 2.60 bits per heavy atom. The van der Waals surface area contributed by atoms with Crippen LogP contribution in [0.4, 0.5) is 0 Å². The molecule has 4 aliphatic carbocycles. The SMILES string of the molecule is C[C@H](C=CCC(C)(C)O)[C@H]1CC[C@H]2[C@@H]3CC=C4C[C@@H](O)C[C@H](O)[C@]4(C)[C@H]3CC[C@]12C. The molecule has 4 rings (SSSR count). The van der Waals surface area contributed by atoms with Gasteiger partial charge in [-0.25, -0.2) is 0 Å². The molecule has 0 aromatic heterocycles. The number of hydrogen-bond acceptors (Lipinski definition) is 3. The molecule has 0 amide bonds. The van der Waals surface area contributed by atoms with Gasteiger partial charge >= 0.3 is 0 Å². The maximum Gasteiger partial charge on any atom is 0.0658 e. The van der Waals surface area contributed by atoms with Crippen molar-refractivity contribution in [2.45, 2.75) is 104 Å². The Labute approximate surface area is 183 Å². The third-order valence-electron chi connectivity index (χ3n) is 9.94. The van der Waals surface area contributed by atoms with Crippen LogP contribution in [0.5, 0.6) is 0 Å². The van der Waals surface area contributed by atoms with Crippen molar-refractivity contribution >= 4 is 0 Å². The van der Waals surface area contributed by atoms with Gasteiger partial charge in [0.1, 0.15) is 0 Å². The van der Waals surface area contributed by atoms with Gasteiger partial charge in [-0.3, -0.25) is 0 Å². The van der Waals surface area contributed by atoms with Crippen molar-refractivity contribution < 1.29 is 15.3 Å². The first-order chi connectivity index (χ1) is 14.0. The van der Waals surface area contributed by atoms with Crippen molar-refractivity contribution in [3.63, 3.8) is 0 Å². The zero-order valence-corrected chi connectivity index (χ0v) is 19.8. The summed E-state index contributed by atoms with van der Waals surface area (Å²) < 4.78 is 0. The summed E-state index contributed by atoms with van der Waals surface area (Å²) >= 11 is 0. The van der Waals surface area contributed by atoms with Crippen LogP contribution in [0.25, 0.3) is 0 Å². The molecule has 3 saturated carbocycles. The van der Waals surface area contributed by atoms with Gasteiger partial charge in [0.05, 0.1) is 17.8 Å². The van der Waals surface area contributed by atoms with Crippen molar-refractivity contribution in [3.05, 3.63) is 23.8 Å². The van der Waals surface area contributed by atoms with Gasteiger partial charge in [-0.05, 0) is 93.8 Å². The van der Waals surface area contributed by atoms with Crippen LogP contribution < -0.4 is 0 Å². The van der Waals surface area contributed by atoms with Crippen LogP contribution in [-0.4, -0.2) is 33.1 Å². The van der Waals surface area contributed by atoms with E-state index in [9.17, 15) is 15.3 Å². The Morgan fingerprint density at radius 1 is 1.17 bits per heavy atom. The van der Waals surface area contributed by atoms with Crippen LogP contribution in [0.15, 0.2) is 23.8 Å². The van der Waals surface area contributed by atoms with Gasteiger partial charge in [-0.15, -0.1) is 0 Å². The summed E-state index contributed by atoms with van der Waals surface area (Å²) in [5, 5.41) is 31.3. The molecule has 170 valence electrons. The van der Waals surface area contributed by atoms with Crippen molar-refractivity contribution in [3.8, 4) is 0 Å². The lowest BCUT2D eigenvalue weighted by atomic mass is 9.46. The molecule has 3 nitrogen and oxygen atoms in total. The lowest BCUT2D eigenvalue weighted by Crippen LogP contribution is -2.55. The Balaban J connectivity index is 1.54. The Kier molecular flexibility index (Phi) is 5.82. The van der Waals surface area contributed by atoms with Crippen LogP contribution in [0.2, 0.25) is 0 Å². The Bertz CT molecular complexity index is 703. The van der Waals surface area contributed by atoms with E-state index in [-0.39, 0.29) is 11.5 Å². The molecular weight excluding hydrogens is 372 g/mol. The first-order valence-electron chi connectivity index (χ1n) is 12.4. The third-order valence-corrected chi connectivity index (χ3v) is 9.94. The van der Waals surface area contributed by atoms with Crippen LogP contribution >= 0.6 is 0 Å². The summed E-state index contributed by atoms with van der Waals surface area (Å²) in [4.78, 5) is 0. The van der Waals surface area contributed by atoms with Crippen molar-refractivity contribution in [1.82, 2.24) is 0 Å². The predicted octanol–water partition coefficient (Wildman–Crippen LogP) is 5.25. The summed E-state index contributed by atoms with van der Waals surface area (Å²) in [5.41, 5.74) is 0.934. The van der Waals surface area contributed by atoms with Crippen LogP contribution in [0, 0.1) is 40.4 Å². The highest BCUT2D eigenvalue weighted by atomic mass is 16.3. The molecule has 0 spiro atoms. The quantitative estimate of drug-likeness (QED) is 0.549. The highest BCUT2D eigenvalue weighted by molar-refractivity contribution is 5.27. The molecule has 0 saturated heterocycles. The number of fused-ring (bicyclic) bond motifs is 5. The smallest absolute Gasteiger partial charge is 0.0658 e. The molecule has 3 heteroatoms. The second-order valence-corrected chi connectivity index (χ2v) is 12.3. The van der Waals surface area contributed by atoms with Crippen LogP contribution in [0.3, 0.4) is 0 Å². The molecule has 0 aliphatic heterocycles. The van der Waals surface area contributed by atoms with Crippen molar-refractivity contribution in [2.75, 3.05) is 0 Å². The maximum absolute atomic E-state index is 11.1. The number of aliphatic hydroxyl groups is 3. The fourth-order valence-corrected chi connectivity index (χ4v) is 8.31. The lowest BCUT2D eigenvalue weighted by molar-refractivity contribution is -0.106. The highest BCUT2D eigenvalue weighted by Gasteiger charge is 2.60. The van der Waals surface area contributed by atoms with Gasteiger partial charge in [0.25, 0.3) is 0 Å². The van der Waals surface area contributed by atoms with E-state index in [2.05, 4.69) is 39.0 Å². The van der Waals surface area contributed by atoms with E-state index >= 15 is 0 Å². The normalized spacial score (nSPS) is 47.4. The molecular formula is C27H44O3. The zero-order chi connectivity index (χ0) is 21.9. The number of aliphatic hydroxyl groups excluding tert-OH is 2. The second-order valence-electron chi connectivity index (χ2n) is 12.3. The molecule has 3 N–H and O–H groups in total. The fraction of sp³-hybridized carbons (Fsp3) is 0.852. The van der Waals surface area contributed by atoms with E-state index in [1.807, 2.05) is 13.8 Å². The average molecular weight is 417 g/mol. The summed E-state index contributed by atoms with van der Waals surface area (Å²) in [6.07, 6.45) is 14.4. The number of rotatable bonds is 4. The monoisotopic (exact) mass is 416 g/mol. The first kappa shape index (κ1) is 22.6.